The Labute approximate surface area is 117 Å². The number of rotatable bonds is 5. The molecule has 0 spiro atoms. The molecule has 2 aromatic heterocycles. The molecule has 0 aromatic carbocycles. The van der Waals surface area contributed by atoms with Gasteiger partial charge in [-0.3, -0.25) is 0 Å². The van der Waals surface area contributed by atoms with Crippen molar-refractivity contribution in [3.05, 3.63) is 23.8 Å². The van der Waals surface area contributed by atoms with Crippen molar-refractivity contribution in [3.8, 4) is 0 Å². The molecule has 0 bridgehead atoms. The number of imidazole rings is 1. The molecule has 0 aliphatic heterocycles. The van der Waals surface area contributed by atoms with Gasteiger partial charge in [0.2, 0.25) is 0 Å². The number of nitrogens with zero attached hydrogens (tertiary/aromatic N) is 4. The van der Waals surface area contributed by atoms with Gasteiger partial charge in [0.1, 0.15) is 16.7 Å². The zero-order valence-electron chi connectivity index (χ0n) is 11.8. The summed E-state index contributed by atoms with van der Waals surface area (Å²) < 4.78 is 1.99. The number of hydrogen-bond donors (Lipinski definition) is 1. The molecule has 1 N–H and O–H groups in total. The van der Waals surface area contributed by atoms with Crippen molar-refractivity contribution in [2.24, 2.45) is 7.05 Å². The number of hydrogen-bond acceptors (Lipinski definition) is 5. The Morgan fingerprint density at radius 2 is 2.11 bits per heavy atom. The van der Waals surface area contributed by atoms with Crippen LogP contribution in [0.5, 0.6) is 0 Å². The van der Waals surface area contributed by atoms with E-state index >= 15 is 0 Å². The third kappa shape index (κ3) is 3.26. The minimum Gasteiger partial charge on any atom is -0.370 e. The van der Waals surface area contributed by atoms with Gasteiger partial charge in [0.15, 0.2) is 5.16 Å². The lowest BCUT2D eigenvalue weighted by atomic mass is 10.3. The third-order valence-corrected chi connectivity index (χ3v) is 3.89. The van der Waals surface area contributed by atoms with Gasteiger partial charge in [-0.2, -0.15) is 0 Å². The fourth-order valence-corrected chi connectivity index (χ4v) is 2.57. The van der Waals surface area contributed by atoms with Gasteiger partial charge in [-0.25, -0.2) is 15.0 Å². The maximum Gasteiger partial charge on any atom is 0.174 e. The summed E-state index contributed by atoms with van der Waals surface area (Å²) in [6.07, 6.45) is 4.80. The fraction of sp³-hybridized carbons (Fsp3) is 0.462. The Morgan fingerprint density at radius 1 is 1.32 bits per heavy atom. The lowest BCUT2D eigenvalue weighted by Crippen LogP contribution is -2.07. The quantitative estimate of drug-likeness (QED) is 0.852. The number of nitrogens with one attached hydrogen (secondary N) is 1. The molecule has 0 atom stereocenters. The van der Waals surface area contributed by atoms with E-state index in [1.807, 2.05) is 31.7 Å². The summed E-state index contributed by atoms with van der Waals surface area (Å²) in [5.74, 6) is 1.70. The van der Waals surface area contributed by atoms with Gasteiger partial charge < -0.3 is 9.88 Å². The molecule has 2 heterocycles. The van der Waals surface area contributed by atoms with E-state index in [1.165, 1.54) is 0 Å². The van der Waals surface area contributed by atoms with Crippen molar-refractivity contribution in [1.82, 2.24) is 19.5 Å². The predicted octanol–water partition coefficient (Wildman–Crippen LogP) is 2.80. The van der Waals surface area contributed by atoms with E-state index in [2.05, 4.69) is 27.2 Å². The predicted molar refractivity (Wildman–Crippen MR) is 77.6 cm³/mol. The molecular formula is C13H19N5S. The summed E-state index contributed by atoms with van der Waals surface area (Å²) >= 11 is 1.57. The Kier molecular flexibility index (Phi) is 4.42. The van der Waals surface area contributed by atoms with Crippen LogP contribution >= 0.6 is 11.8 Å². The molecule has 2 aromatic rings. The van der Waals surface area contributed by atoms with Crippen LogP contribution in [0.25, 0.3) is 0 Å². The molecule has 102 valence electrons. The summed E-state index contributed by atoms with van der Waals surface area (Å²) in [5, 5.41) is 5.24. The SMILES string of the molecule is CCCNc1nc(C)nc(Sc2nccn2C)c1C. The largest absolute Gasteiger partial charge is 0.370 e. The normalized spacial score (nSPS) is 10.7. The first-order chi connectivity index (χ1) is 9.11. The number of aromatic nitrogens is 4. The molecule has 19 heavy (non-hydrogen) atoms. The molecule has 0 radical (unpaired) electrons. The van der Waals surface area contributed by atoms with E-state index in [0.717, 1.165) is 40.4 Å². The van der Waals surface area contributed by atoms with Crippen LogP contribution in [0.15, 0.2) is 22.6 Å². The second-order valence-corrected chi connectivity index (χ2v) is 5.36. The highest BCUT2D eigenvalue weighted by Crippen LogP contribution is 2.29. The third-order valence-electron chi connectivity index (χ3n) is 2.72. The molecular weight excluding hydrogens is 258 g/mol. The van der Waals surface area contributed by atoms with E-state index in [0.29, 0.717) is 0 Å². The van der Waals surface area contributed by atoms with Gasteiger partial charge in [-0.1, -0.05) is 6.92 Å². The maximum atomic E-state index is 4.52. The number of aryl methyl sites for hydroxylation is 2. The molecule has 2 rings (SSSR count). The zero-order chi connectivity index (χ0) is 13.8. The van der Waals surface area contributed by atoms with E-state index < -0.39 is 0 Å². The van der Waals surface area contributed by atoms with Gasteiger partial charge in [0.05, 0.1) is 0 Å². The molecule has 0 unspecified atom stereocenters. The van der Waals surface area contributed by atoms with Gasteiger partial charge in [0, 0.05) is 31.5 Å². The van der Waals surface area contributed by atoms with Gasteiger partial charge >= 0.3 is 0 Å². The molecule has 0 aliphatic carbocycles. The molecule has 0 amide bonds. The summed E-state index contributed by atoms with van der Waals surface area (Å²) in [7, 11) is 1.98. The smallest absolute Gasteiger partial charge is 0.174 e. The van der Waals surface area contributed by atoms with Gasteiger partial charge in [0.25, 0.3) is 0 Å². The van der Waals surface area contributed by atoms with Crippen LogP contribution in [-0.4, -0.2) is 26.1 Å². The fourth-order valence-electron chi connectivity index (χ4n) is 1.65. The average molecular weight is 277 g/mol. The standard InChI is InChI=1S/C13H19N5S/c1-5-6-14-11-9(2)12(17-10(3)16-11)19-13-15-7-8-18(13)4/h7-8H,5-6H2,1-4H3,(H,14,16,17). The number of anilines is 1. The zero-order valence-corrected chi connectivity index (χ0v) is 12.6. The van der Waals surface area contributed by atoms with Crippen molar-refractivity contribution in [1.29, 1.82) is 0 Å². The average Bonchev–Trinajstić information content (AvgIpc) is 2.77. The van der Waals surface area contributed by atoms with E-state index in [9.17, 15) is 0 Å². The van der Waals surface area contributed by atoms with Crippen LogP contribution in [0.4, 0.5) is 5.82 Å². The second-order valence-electron chi connectivity index (χ2n) is 4.40. The van der Waals surface area contributed by atoms with Crippen LogP contribution in [0.3, 0.4) is 0 Å². The van der Waals surface area contributed by atoms with Crippen molar-refractivity contribution in [3.63, 3.8) is 0 Å². The first kappa shape index (κ1) is 13.9. The molecule has 0 aliphatic rings. The summed E-state index contributed by atoms with van der Waals surface area (Å²) in [6, 6.07) is 0. The van der Waals surface area contributed by atoms with Gasteiger partial charge in [-0.15, -0.1) is 0 Å². The Bertz CT molecular complexity index is 564. The lowest BCUT2D eigenvalue weighted by Gasteiger charge is -2.11. The minimum atomic E-state index is 0.779. The van der Waals surface area contributed by atoms with E-state index in [-0.39, 0.29) is 0 Å². The highest BCUT2D eigenvalue weighted by Gasteiger charge is 2.12. The Balaban J connectivity index is 2.29. The van der Waals surface area contributed by atoms with Crippen molar-refractivity contribution in [2.45, 2.75) is 37.4 Å². The monoisotopic (exact) mass is 277 g/mol. The molecule has 0 fully saturated rings. The highest BCUT2D eigenvalue weighted by molar-refractivity contribution is 7.99. The summed E-state index contributed by atoms with van der Waals surface area (Å²) in [4.78, 5) is 13.3. The first-order valence-corrected chi connectivity index (χ1v) is 7.17. The molecule has 6 heteroatoms. The summed E-state index contributed by atoms with van der Waals surface area (Å²) in [5.41, 5.74) is 1.08. The van der Waals surface area contributed by atoms with Crippen molar-refractivity contribution >= 4 is 17.6 Å². The van der Waals surface area contributed by atoms with Crippen LogP contribution in [0.2, 0.25) is 0 Å². The van der Waals surface area contributed by atoms with Crippen LogP contribution in [-0.2, 0) is 7.05 Å². The van der Waals surface area contributed by atoms with Crippen LogP contribution in [0, 0.1) is 13.8 Å². The van der Waals surface area contributed by atoms with Gasteiger partial charge in [-0.05, 0) is 32.0 Å². The van der Waals surface area contributed by atoms with Crippen LogP contribution in [0.1, 0.15) is 24.7 Å². The van der Waals surface area contributed by atoms with E-state index in [1.54, 1.807) is 18.0 Å². The molecule has 5 nitrogen and oxygen atoms in total. The summed E-state index contributed by atoms with van der Waals surface area (Å²) in [6.45, 7) is 7.02. The first-order valence-electron chi connectivity index (χ1n) is 6.36. The van der Waals surface area contributed by atoms with Crippen LogP contribution < -0.4 is 5.32 Å². The molecule has 0 saturated heterocycles. The second kappa shape index (κ2) is 6.06. The van der Waals surface area contributed by atoms with Crippen molar-refractivity contribution < 1.29 is 0 Å². The highest BCUT2D eigenvalue weighted by atomic mass is 32.2. The Morgan fingerprint density at radius 3 is 2.74 bits per heavy atom. The van der Waals surface area contributed by atoms with E-state index in [4.69, 9.17) is 0 Å². The maximum absolute atomic E-state index is 4.52. The Hall–Kier alpha value is -1.56. The minimum absolute atomic E-state index is 0.779. The molecule has 0 saturated carbocycles. The lowest BCUT2D eigenvalue weighted by molar-refractivity contribution is 0.786. The topological polar surface area (TPSA) is 55.6 Å². The van der Waals surface area contributed by atoms with Crippen molar-refractivity contribution in [2.75, 3.05) is 11.9 Å².